The molecule has 0 radical (unpaired) electrons. The van der Waals surface area contributed by atoms with Gasteiger partial charge in [0.15, 0.2) is 0 Å². The molecule has 0 atom stereocenters. The largest absolute Gasteiger partial charge is 0.258 e. The Kier molecular flexibility index (Phi) is 7.98. The maximum Gasteiger partial charge on any atom is 0.0212 e. The molecule has 0 amide bonds. The van der Waals surface area contributed by atoms with Crippen LogP contribution in [0.1, 0.15) is 45.4 Å². The SMILES string of the molecule is CCCNNC1CCCCC1.Cl. The Morgan fingerprint density at radius 1 is 1.17 bits per heavy atom. The van der Waals surface area contributed by atoms with Crippen molar-refractivity contribution in [2.75, 3.05) is 6.54 Å². The van der Waals surface area contributed by atoms with Gasteiger partial charge in [0.25, 0.3) is 0 Å². The van der Waals surface area contributed by atoms with E-state index < -0.39 is 0 Å². The van der Waals surface area contributed by atoms with Gasteiger partial charge in [-0.25, -0.2) is 0 Å². The summed E-state index contributed by atoms with van der Waals surface area (Å²) in [6, 6.07) is 0.746. The van der Waals surface area contributed by atoms with Gasteiger partial charge >= 0.3 is 0 Å². The molecule has 0 bridgehead atoms. The van der Waals surface area contributed by atoms with Gasteiger partial charge in [-0.2, -0.15) is 0 Å². The fraction of sp³-hybridized carbons (Fsp3) is 1.00. The maximum atomic E-state index is 3.37. The van der Waals surface area contributed by atoms with E-state index in [0.717, 1.165) is 12.6 Å². The van der Waals surface area contributed by atoms with Gasteiger partial charge < -0.3 is 0 Å². The van der Waals surface area contributed by atoms with Crippen molar-refractivity contribution < 1.29 is 0 Å². The van der Waals surface area contributed by atoms with E-state index in [1.54, 1.807) is 0 Å². The average Bonchev–Trinajstić information content (AvgIpc) is 2.07. The molecule has 0 aromatic rings. The van der Waals surface area contributed by atoms with E-state index in [4.69, 9.17) is 0 Å². The zero-order chi connectivity index (χ0) is 7.94. The highest BCUT2D eigenvalue weighted by atomic mass is 35.5. The van der Waals surface area contributed by atoms with Crippen LogP contribution in [0.15, 0.2) is 0 Å². The number of rotatable bonds is 4. The van der Waals surface area contributed by atoms with Crippen LogP contribution in [-0.2, 0) is 0 Å². The van der Waals surface area contributed by atoms with Crippen LogP contribution in [0, 0.1) is 0 Å². The summed E-state index contributed by atoms with van der Waals surface area (Å²) in [7, 11) is 0. The monoisotopic (exact) mass is 192 g/mol. The Morgan fingerprint density at radius 2 is 1.83 bits per heavy atom. The number of hydrazine groups is 1. The van der Waals surface area contributed by atoms with E-state index in [1.165, 1.54) is 38.5 Å². The number of hydrogen-bond donors (Lipinski definition) is 2. The first kappa shape index (κ1) is 12.2. The number of nitrogens with one attached hydrogen (secondary N) is 2. The van der Waals surface area contributed by atoms with Crippen molar-refractivity contribution in [2.24, 2.45) is 0 Å². The van der Waals surface area contributed by atoms with Gasteiger partial charge in [0, 0.05) is 12.6 Å². The van der Waals surface area contributed by atoms with Crippen LogP contribution in [-0.4, -0.2) is 12.6 Å². The molecule has 0 aromatic carbocycles. The lowest BCUT2D eigenvalue weighted by Crippen LogP contribution is -2.42. The van der Waals surface area contributed by atoms with Crippen LogP contribution in [0.3, 0.4) is 0 Å². The predicted molar refractivity (Wildman–Crippen MR) is 55.6 cm³/mol. The molecule has 0 heterocycles. The molecule has 0 aliphatic heterocycles. The highest BCUT2D eigenvalue weighted by Crippen LogP contribution is 2.16. The molecule has 74 valence electrons. The lowest BCUT2D eigenvalue weighted by molar-refractivity contribution is 0.334. The molecule has 0 aromatic heterocycles. The minimum atomic E-state index is 0. The van der Waals surface area contributed by atoms with Gasteiger partial charge in [0.05, 0.1) is 0 Å². The van der Waals surface area contributed by atoms with E-state index in [1.807, 2.05) is 0 Å². The summed E-state index contributed by atoms with van der Waals surface area (Å²) < 4.78 is 0. The minimum absolute atomic E-state index is 0. The third kappa shape index (κ3) is 4.96. The van der Waals surface area contributed by atoms with Crippen LogP contribution >= 0.6 is 12.4 Å². The summed E-state index contributed by atoms with van der Waals surface area (Å²) >= 11 is 0. The van der Waals surface area contributed by atoms with Crippen molar-refractivity contribution in [3.8, 4) is 0 Å². The summed E-state index contributed by atoms with van der Waals surface area (Å²) in [4.78, 5) is 0. The zero-order valence-electron chi connectivity index (χ0n) is 7.94. The molecule has 1 fully saturated rings. The summed E-state index contributed by atoms with van der Waals surface area (Å²) in [6.45, 7) is 3.28. The molecule has 2 N–H and O–H groups in total. The summed E-state index contributed by atoms with van der Waals surface area (Å²) in [6.07, 6.45) is 8.18. The third-order valence-corrected chi connectivity index (χ3v) is 2.29. The quantitative estimate of drug-likeness (QED) is 0.528. The summed E-state index contributed by atoms with van der Waals surface area (Å²) in [5.74, 6) is 0. The molecule has 0 spiro atoms. The second kappa shape index (κ2) is 7.84. The van der Waals surface area contributed by atoms with Crippen molar-refractivity contribution in [2.45, 2.75) is 51.5 Å². The van der Waals surface area contributed by atoms with E-state index in [-0.39, 0.29) is 12.4 Å². The molecule has 0 unspecified atom stereocenters. The predicted octanol–water partition coefficient (Wildman–Crippen LogP) is 2.25. The molecular weight excluding hydrogens is 172 g/mol. The molecule has 0 saturated heterocycles. The molecular formula is C9H21ClN2. The van der Waals surface area contributed by atoms with Crippen molar-refractivity contribution >= 4 is 12.4 Å². The Bertz CT molecular complexity index is 92.5. The molecule has 12 heavy (non-hydrogen) atoms. The average molecular weight is 193 g/mol. The van der Waals surface area contributed by atoms with E-state index in [9.17, 15) is 0 Å². The first-order valence-corrected chi connectivity index (χ1v) is 4.92. The van der Waals surface area contributed by atoms with Gasteiger partial charge in [-0.15, -0.1) is 12.4 Å². The van der Waals surface area contributed by atoms with Gasteiger partial charge in [0.2, 0.25) is 0 Å². The van der Waals surface area contributed by atoms with Gasteiger partial charge in [-0.3, -0.25) is 10.9 Å². The standard InChI is InChI=1S/C9H20N2.ClH/c1-2-8-10-11-9-6-4-3-5-7-9;/h9-11H,2-8H2,1H3;1H. The smallest absolute Gasteiger partial charge is 0.0212 e. The van der Waals surface area contributed by atoms with Crippen LogP contribution in [0.2, 0.25) is 0 Å². The highest BCUT2D eigenvalue weighted by Gasteiger charge is 2.11. The van der Waals surface area contributed by atoms with Crippen LogP contribution < -0.4 is 10.9 Å². The maximum absolute atomic E-state index is 3.37. The normalized spacial score (nSPS) is 18.8. The second-order valence-corrected chi connectivity index (χ2v) is 3.41. The van der Waals surface area contributed by atoms with Crippen molar-refractivity contribution in [1.29, 1.82) is 0 Å². The van der Waals surface area contributed by atoms with E-state index >= 15 is 0 Å². The first-order chi connectivity index (χ1) is 5.43. The van der Waals surface area contributed by atoms with E-state index in [0.29, 0.717) is 0 Å². The number of halogens is 1. The third-order valence-electron chi connectivity index (χ3n) is 2.29. The lowest BCUT2D eigenvalue weighted by atomic mass is 9.96. The van der Waals surface area contributed by atoms with Crippen molar-refractivity contribution in [1.82, 2.24) is 10.9 Å². The van der Waals surface area contributed by atoms with Gasteiger partial charge in [-0.1, -0.05) is 26.2 Å². The fourth-order valence-corrected chi connectivity index (χ4v) is 1.59. The molecule has 3 heteroatoms. The molecule has 1 aliphatic carbocycles. The fourth-order valence-electron chi connectivity index (χ4n) is 1.59. The van der Waals surface area contributed by atoms with Crippen LogP contribution in [0.25, 0.3) is 0 Å². The van der Waals surface area contributed by atoms with E-state index in [2.05, 4.69) is 17.8 Å². The second-order valence-electron chi connectivity index (χ2n) is 3.41. The Balaban J connectivity index is 0.00000121. The Morgan fingerprint density at radius 3 is 2.42 bits per heavy atom. The molecule has 1 saturated carbocycles. The minimum Gasteiger partial charge on any atom is -0.258 e. The first-order valence-electron chi connectivity index (χ1n) is 4.92. The topological polar surface area (TPSA) is 24.1 Å². The van der Waals surface area contributed by atoms with Crippen molar-refractivity contribution in [3.05, 3.63) is 0 Å². The van der Waals surface area contributed by atoms with Crippen LogP contribution in [0.5, 0.6) is 0 Å². The van der Waals surface area contributed by atoms with Crippen molar-refractivity contribution in [3.63, 3.8) is 0 Å². The Labute approximate surface area is 81.9 Å². The molecule has 2 nitrogen and oxygen atoms in total. The lowest BCUT2D eigenvalue weighted by Gasteiger charge is -2.22. The van der Waals surface area contributed by atoms with Gasteiger partial charge in [0.1, 0.15) is 0 Å². The molecule has 1 rings (SSSR count). The Hall–Kier alpha value is 0.210. The zero-order valence-corrected chi connectivity index (χ0v) is 8.75. The molecule has 1 aliphatic rings. The highest BCUT2D eigenvalue weighted by molar-refractivity contribution is 5.85. The summed E-state index contributed by atoms with van der Waals surface area (Å²) in [5, 5.41) is 0. The van der Waals surface area contributed by atoms with Gasteiger partial charge in [-0.05, 0) is 19.3 Å². The van der Waals surface area contributed by atoms with Crippen LogP contribution in [0.4, 0.5) is 0 Å². The summed E-state index contributed by atoms with van der Waals surface area (Å²) in [5.41, 5.74) is 6.63. The number of hydrogen-bond acceptors (Lipinski definition) is 2.